The number of likely N-dealkylation sites (N-methyl/N-ethyl adjacent to an activating group) is 1. The van der Waals surface area contributed by atoms with Gasteiger partial charge in [0.15, 0.2) is 0 Å². The molecule has 1 aliphatic rings. The van der Waals surface area contributed by atoms with Crippen LogP contribution in [-0.2, 0) is 11.2 Å². The minimum Gasteiger partial charge on any atom is -0.378 e. The average molecular weight is 269 g/mol. The molecule has 1 fully saturated rings. The first kappa shape index (κ1) is 14.4. The molecule has 2 atom stereocenters. The van der Waals surface area contributed by atoms with Gasteiger partial charge in [-0.3, -0.25) is 0 Å². The summed E-state index contributed by atoms with van der Waals surface area (Å²) in [4.78, 5) is 0. The average Bonchev–Trinajstić information content (AvgIpc) is 2.91. The van der Waals surface area contributed by atoms with Gasteiger partial charge in [-0.25, -0.2) is 8.78 Å². The summed E-state index contributed by atoms with van der Waals surface area (Å²) in [6.07, 6.45) is 4.74. The minimum absolute atomic E-state index is 0.0793. The Balaban J connectivity index is 1.90. The van der Waals surface area contributed by atoms with E-state index < -0.39 is 11.6 Å². The fourth-order valence-electron chi connectivity index (χ4n) is 2.58. The van der Waals surface area contributed by atoms with E-state index in [0.717, 1.165) is 32.3 Å². The van der Waals surface area contributed by atoms with Crippen LogP contribution < -0.4 is 5.32 Å². The maximum absolute atomic E-state index is 13.6. The summed E-state index contributed by atoms with van der Waals surface area (Å²) in [6, 6.07) is 4.10. The predicted molar refractivity (Wildman–Crippen MR) is 71.1 cm³/mol. The number of ether oxygens (including phenoxy) is 1. The molecule has 2 unspecified atom stereocenters. The molecule has 4 heteroatoms. The lowest BCUT2D eigenvalue weighted by Crippen LogP contribution is -2.29. The zero-order valence-corrected chi connectivity index (χ0v) is 11.3. The Bertz CT molecular complexity index is 385. The van der Waals surface area contributed by atoms with Gasteiger partial charge < -0.3 is 10.1 Å². The van der Waals surface area contributed by atoms with Crippen LogP contribution in [0.3, 0.4) is 0 Å². The van der Waals surface area contributed by atoms with Crippen molar-refractivity contribution in [2.24, 2.45) is 0 Å². The van der Waals surface area contributed by atoms with Crippen LogP contribution in [0.4, 0.5) is 8.78 Å². The summed E-state index contributed by atoms with van der Waals surface area (Å²) in [5.41, 5.74) is 0.175. The Hall–Kier alpha value is -1.00. The molecule has 1 N–H and O–H groups in total. The van der Waals surface area contributed by atoms with E-state index in [4.69, 9.17) is 4.74 Å². The highest BCUT2D eigenvalue weighted by atomic mass is 19.1. The van der Waals surface area contributed by atoms with Crippen LogP contribution in [0.5, 0.6) is 0 Å². The van der Waals surface area contributed by atoms with Crippen LogP contribution in [0.25, 0.3) is 0 Å². The maximum atomic E-state index is 13.6. The standard InChI is InChI=1S/C15H21F2NO/c1-18-11(7-8-12-4-3-9-19-12)10-13-14(16)5-2-6-15(13)17/h2,5-6,11-12,18H,3-4,7-10H2,1H3. The monoisotopic (exact) mass is 269 g/mol. The molecule has 1 heterocycles. The summed E-state index contributed by atoms with van der Waals surface area (Å²) in [7, 11) is 1.83. The molecule has 0 aromatic heterocycles. The molecule has 2 nitrogen and oxygen atoms in total. The van der Waals surface area contributed by atoms with Gasteiger partial charge in [-0.2, -0.15) is 0 Å². The second kappa shape index (κ2) is 6.96. The van der Waals surface area contributed by atoms with E-state index in [2.05, 4.69) is 5.32 Å². The van der Waals surface area contributed by atoms with Crippen LogP contribution >= 0.6 is 0 Å². The molecule has 0 aliphatic carbocycles. The summed E-state index contributed by atoms with van der Waals surface area (Å²) >= 11 is 0. The largest absolute Gasteiger partial charge is 0.378 e. The summed E-state index contributed by atoms with van der Waals surface area (Å²) in [5.74, 6) is -0.922. The van der Waals surface area contributed by atoms with Crippen molar-refractivity contribution in [2.45, 2.75) is 44.2 Å². The topological polar surface area (TPSA) is 21.3 Å². The van der Waals surface area contributed by atoms with Crippen LogP contribution in [0.1, 0.15) is 31.2 Å². The van der Waals surface area contributed by atoms with Gasteiger partial charge in [0.1, 0.15) is 11.6 Å². The Morgan fingerprint density at radius 3 is 2.68 bits per heavy atom. The van der Waals surface area contributed by atoms with Crippen molar-refractivity contribution in [1.29, 1.82) is 0 Å². The molecule has 1 aromatic carbocycles. The summed E-state index contributed by atoms with van der Waals surface area (Å²) < 4.78 is 32.8. The molecule has 0 radical (unpaired) electrons. The van der Waals surface area contributed by atoms with Gasteiger partial charge in [0, 0.05) is 18.2 Å². The van der Waals surface area contributed by atoms with Gasteiger partial charge in [0.2, 0.25) is 0 Å². The van der Waals surface area contributed by atoms with Crippen molar-refractivity contribution in [2.75, 3.05) is 13.7 Å². The van der Waals surface area contributed by atoms with Crippen molar-refractivity contribution < 1.29 is 13.5 Å². The van der Waals surface area contributed by atoms with Crippen LogP contribution in [-0.4, -0.2) is 25.8 Å². The Kier molecular flexibility index (Phi) is 5.28. The molecule has 106 valence electrons. The smallest absolute Gasteiger partial charge is 0.129 e. The predicted octanol–water partition coefficient (Wildman–Crippen LogP) is 3.05. The van der Waals surface area contributed by atoms with Crippen molar-refractivity contribution in [1.82, 2.24) is 5.32 Å². The molecule has 19 heavy (non-hydrogen) atoms. The second-order valence-corrected chi connectivity index (χ2v) is 5.10. The highest BCUT2D eigenvalue weighted by molar-refractivity contribution is 5.20. The summed E-state index contributed by atoms with van der Waals surface area (Å²) in [5, 5.41) is 3.14. The fraction of sp³-hybridized carbons (Fsp3) is 0.600. The molecule has 0 spiro atoms. The van der Waals surface area contributed by atoms with Crippen LogP contribution in [0.15, 0.2) is 18.2 Å². The summed E-state index contributed by atoms with van der Waals surface area (Å²) in [6.45, 7) is 0.844. The quantitative estimate of drug-likeness (QED) is 0.857. The van der Waals surface area contributed by atoms with Crippen LogP contribution in [0.2, 0.25) is 0 Å². The first-order chi connectivity index (χ1) is 9.20. The lowest BCUT2D eigenvalue weighted by molar-refractivity contribution is 0.0998. The number of halogens is 2. The van der Waals surface area contributed by atoms with Crippen molar-refractivity contribution in [3.05, 3.63) is 35.4 Å². The molecular formula is C15H21F2NO. The van der Waals surface area contributed by atoms with Crippen molar-refractivity contribution >= 4 is 0 Å². The minimum atomic E-state index is -0.461. The lowest BCUT2D eigenvalue weighted by atomic mass is 9.99. The maximum Gasteiger partial charge on any atom is 0.129 e. The van der Waals surface area contributed by atoms with E-state index in [0.29, 0.717) is 12.5 Å². The Morgan fingerprint density at radius 2 is 2.11 bits per heavy atom. The third-order valence-corrected chi connectivity index (χ3v) is 3.78. The first-order valence-corrected chi connectivity index (χ1v) is 6.92. The van der Waals surface area contributed by atoms with Gasteiger partial charge in [-0.15, -0.1) is 0 Å². The zero-order chi connectivity index (χ0) is 13.7. The first-order valence-electron chi connectivity index (χ1n) is 6.92. The molecule has 0 bridgehead atoms. The van der Waals surface area contributed by atoms with Gasteiger partial charge in [0.05, 0.1) is 6.10 Å². The molecule has 2 rings (SSSR count). The third-order valence-electron chi connectivity index (χ3n) is 3.78. The Labute approximate surface area is 113 Å². The fourth-order valence-corrected chi connectivity index (χ4v) is 2.58. The van der Waals surface area contributed by atoms with E-state index in [1.807, 2.05) is 7.05 Å². The van der Waals surface area contributed by atoms with Gasteiger partial charge in [-0.1, -0.05) is 6.07 Å². The normalized spacial score (nSPS) is 20.7. The molecule has 1 aromatic rings. The number of hydrogen-bond donors (Lipinski definition) is 1. The number of hydrogen-bond acceptors (Lipinski definition) is 2. The van der Waals surface area contributed by atoms with Crippen molar-refractivity contribution in [3.63, 3.8) is 0 Å². The van der Waals surface area contributed by atoms with E-state index in [1.165, 1.54) is 18.2 Å². The molecule has 0 amide bonds. The van der Waals surface area contributed by atoms with E-state index in [1.54, 1.807) is 0 Å². The molecule has 1 saturated heterocycles. The van der Waals surface area contributed by atoms with Gasteiger partial charge in [0.25, 0.3) is 0 Å². The van der Waals surface area contributed by atoms with E-state index in [9.17, 15) is 8.78 Å². The highest BCUT2D eigenvalue weighted by Crippen LogP contribution is 2.20. The lowest BCUT2D eigenvalue weighted by Gasteiger charge is -2.19. The molecular weight excluding hydrogens is 248 g/mol. The Morgan fingerprint density at radius 1 is 1.37 bits per heavy atom. The van der Waals surface area contributed by atoms with E-state index >= 15 is 0 Å². The highest BCUT2D eigenvalue weighted by Gasteiger charge is 2.19. The zero-order valence-electron chi connectivity index (χ0n) is 11.3. The van der Waals surface area contributed by atoms with Crippen molar-refractivity contribution in [3.8, 4) is 0 Å². The van der Waals surface area contributed by atoms with Gasteiger partial charge >= 0.3 is 0 Å². The SMILES string of the molecule is CNC(CCC1CCCO1)Cc1c(F)cccc1F. The second-order valence-electron chi connectivity index (χ2n) is 5.10. The van der Waals surface area contributed by atoms with Gasteiger partial charge in [-0.05, 0) is 51.3 Å². The van der Waals surface area contributed by atoms with E-state index in [-0.39, 0.29) is 11.6 Å². The number of rotatable bonds is 6. The molecule has 1 aliphatic heterocycles. The molecule has 0 saturated carbocycles. The third kappa shape index (κ3) is 3.98. The number of benzene rings is 1. The number of nitrogens with one attached hydrogen (secondary N) is 1. The van der Waals surface area contributed by atoms with Crippen LogP contribution in [0, 0.1) is 11.6 Å².